The molecule has 0 saturated heterocycles. The molecule has 0 spiro atoms. The largest absolute Gasteiger partial charge is 0.467 e. The number of hydrogen-bond acceptors (Lipinski definition) is 4. The molecule has 3 aromatic rings. The van der Waals surface area contributed by atoms with Gasteiger partial charge in [0, 0.05) is 10.6 Å². The highest BCUT2D eigenvalue weighted by atomic mass is 32.1. The molecule has 0 unspecified atom stereocenters. The molecule has 2 aromatic heterocycles. The number of nitrogens with one attached hydrogen (secondary N) is 1. The van der Waals surface area contributed by atoms with Crippen LogP contribution in [0.3, 0.4) is 0 Å². The van der Waals surface area contributed by atoms with Gasteiger partial charge in [0.05, 0.1) is 18.4 Å². The van der Waals surface area contributed by atoms with Crippen LogP contribution in [-0.2, 0) is 6.54 Å². The molecule has 1 aliphatic heterocycles. The van der Waals surface area contributed by atoms with Crippen LogP contribution in [0.15, 0.2) is 64.6 Å². The standard InChI is InChI=1S/C17H14N2O2S/c20-17-13-6-1-2-7-14(13)18-16(15-8-4-10-22-15)19(17)11-12-5-3-9-21-12/h1-10,16,18H,11H2/t16-/m0/s1. The van der Waals surface area contributed by atoms with Crippen molar-refractivity contribution in [1.29, 1.82) is 0 Å². The number of para-hydroxylation sites is 1. The molecule has 3 heterocycles. The lowest BCUT2D eigenvalue weighted by Gasteiger charge is -2.36. The van der Waals surface area contributed by atoms with Gasteiger partial charge in [-0.25, -0.2) is 0 Å². The van der Waals surface area contributed by atoms with Crippen molar-refractivity contribution < 1.29 is 9.21 Å². The van der Waals surface area contributed by atoms with Crippen molar-refractivity contribution in [3.63, 3.8) is 0 Å². The summed E-state index contributed by atoms with van der Waals surface area (Å²) in [6.07, 6.45) is 1.46. The Morgan fingerprint density at radius 3 is 2.82 bits per heavy atom. The van der Waals surface area contributed by atoms with Gasteiger partial charge in [-0.05, 0) is 35.7 Å². The van der Waals surface area contributed by atoms with E-state index in [-0.39, 0.29) is 12.1 Å². The zero-order valence-corrected chi connectivity index (χ0v) is 12.5. The van der Waals surface area contributed by atoms with E-state index in [4.69, 9.17) is 4.42 Å². The normalized spacial score (nSPS) is 17.2. The number of thiophene rings is 1. The second kappa shape index (κ2) is 5.35. The SMILES string of the molecule is O=C1c2ccccc2N[C@H](c2cccs2)N1Cc1ccco1. The molecule has 0 fully saturated rings. The third-order valence-corrected chi connectivity index (χ3v) is 4.67. The van der Waals surface area contributed by atoms with Crippen LogP contribution in [0, 0.1) is 0 Å². The van der Waals surface area contributed by atoms with Crippen molar-refractivity contribution in [1.82, 2.24) is 4.90 Å². The molecule has 1 amide bonds. The Morgan fingerprint density at radius 2 is 2.05 bits per heavy atom. The zero-order chi connectivity index (χ0) is 14.9. The van der Waals surface area contributed by atoms with E-state index in [0.29, 0.717) is 12.1 Å². The van der Waals surface area contributed by atoms with E-state index in [1.54, 1.807) is 17.6 Å². The van der Waals surface area contributed by atoms with Crippen molar-refractivity contribution in [3.8, 4) is 0 Å². The maximum atomic E-state index is 12.9. The molecule has 1 N–H and O–H groups in total. The fraction of sp³-hybridized carbons (Fsp3) is 0.118. The van der Waals surface area contributed by atoms with Crippen LogP contribution >= 0.6 is 11.3 Å². The molecule has 0 bridgehead atoms. The number of carbonyl (C=O) groups excluding carboxylic acids is 1. The van der Waals surface area contributed by atoms with Crippen LogP contribution in [-0.4, -0.2) is 10.8 Å². The number of rotatable bonds is 3. The van der Waals surface area contributed by atoms with Gasteiger partial charge in [-0.3, -0.25) is 4.79 Å². The van der Waals surface area contributed by atoms with Gasteiger partial charge in [-0.1, -0.05) is 18.2 Å². The summed E-state index contributed by atoms with van der Waals surface area (Å²) < 4.78 is 5.42. The Hall–Kier alpha value is -2.53. The summed E-state index contributed by atoms with van der Waals surface area (Å²) in [5, 5.41) is 5.49. The minimum atomic E-state index is -0.174. The van der Waals surface area contributed by atoms with E-state index in [0.717, 1.165) is 16.3 Å². The predicted octanol–water partition coefficient (Wildman–Crippen LogP) is 4.11. The number of hydrogen-bond donors (Lipinski definition) is 1. The highest BCUT2D eigenvalue weighted by Crippen LogP contribution is 2.35. The fourth-order valence-corrected chi connectivity index (χ4v) is 3.48. The number of furan rings is 1. The fourth-order valence-electron chi connectivity index (χ4n) is 2.70. The summed E-state index contributed by atoms with van der Waals surface area (Å²) in [4.78, 5) is 15.8. The Morgan fingerprint density at radius 1 is 1.14 bits per heavy atom. The first-order chi connectivity index (χ1) is 10.8. The van der Waals surface area contributed by atoms with E-state index >= 15 is 0 Å². The first-order valence-electron chi connectivity index (χ1n) is 7.05. The van der Waals surface area contributed by atoms with E-state index in [1.165, 1.54) is 0 Å². The summed E-state index contributed by atoms with van der Waals surface area (Å²) >= 11 is 1.64. The molecule has 1 aliphatic rings. The summed E-state index contributed by atoms with van der Waals surface area (Å²) in [6.45, 7) is 0.440. The van der Waals surface area contributed by atoms with Crippen LogP contribution in [0.25, 0.3) is 0 Å². The Kier molecular flexibility index (Phi) is 3.20. The van der Waals surface area contributed by atoms with E-state index in [9.17, 15) is 4.79 Å². The number of nitrogens with zero attached hydrogens (tertiary/aromatic N) is 1. The highest BCUT2D eigenvalue weighted by Gasteiger charge is 2.33. The molecule has 0 aliphatic carbocycles. The number of carbonyl (C=O) groups is 1. The van der Waals surface area contributed by atoms with Gasteiger partial charge in [0.25, 0.3) is 5.91 Å². The zero-order valence-electron chi connectivity index (χ0n) is 11.7. The van der Waals surface area contributed by atoms with Gasteiger partial charge < -0.3 is 14.6 Å². The molecule has 5 heteroatoms. The van der Waals surface area contributed by atoms with Crippen LogP contribution in [0.1, 0.15) is 27.2 Å². The molecular weight excluding hydrogens is 296 g/mol. The lowest BCUT2D eigenvalue weighted by molar-refractivity contribution is 0.0654. The van der Waals surface area contributed by atoms with Crippen molar-refractivity contribution in [2.45, 2.75) is 12.7 Å². The summed E-state index contributed by atoms with van der Waals surface area (Å²) in [5.41, 5.74) is 1.57. The lowest BCUT2D eigenvalue weighted by atomic mass is 10.1. The topological polar surface area (TPSA) is 45.5 Å². The summed E-state index contributed by atoms with van der Waals surface area (Å²) in [6, 6.07) is 15.4. The van der Waals surface area contributed by atoms with Crippen molar-refractivity contribution >= 4 is 22.9 Å². The Labute approximate surface area is 132 Å². The maximum absolute atomic E-state index is 12.9. The molecule has 4 rings (SSSR count). The van der Waals surface area contributed by atoms with Gasteiger partial charge in [0.2, 0.25) is 0 Å². The average Bonchev–Trinajstić information content (AvgIpc) is 3.23. The molecule has 0 radical (unpaired) electrons. The smallest absolute Gasteiger partial charge is 0.258 e. The summed E-state index contributed by atoms with van der Waals surface area (Å²) in [7, 11) is 0. The second-order valence-electron chi connectivity index (χ2n) is 5.12. The molecular formula is C17H14N2O2S. The molecule has 0 saturated carbocycles. The van der Waals surface area contributed by atoms with Crippen molar-refractivity contribution in [2.24, 2.45) is 0 Å². The van der Waals surface area contributed by atoms with E-state index in [1.807, 2.05) is 58.8 Å². The monoisotopic (exact) mass is 310 g/mol. The Bertz CT molecular complexity index is 781. The minimum Gasteiger partial charge on any atom is -0.467 e. The first-order valence-corrected chi connectivity index (χ1v) is 7.93. The second-order valence-corrected chi connectivity index (χ2v) is 6.10. The predicted molar refractivity (Wildman–Crippen MR) is 85.7 cm³/mol. The van der Waals surface area contributed by atoms with Gasteiger partial charge in [-0.15, -0.1) is 11.3 Å². The van der Waals surface area contributed by atoms with Crippen LogP contribution < -0.4 is 5.32 Å². The first kappa shape index (κ1) is 13.2. The number of fused-ring (bicyclic) bond motifs is 1. The maximum Gasteiger partial charge on any atom is 0.258 e. The van der Waals surface area contributed by atoms with Gasteiger partial charge in [0.15, 0.2) is 0 Å². The minimum absolute atomic E-state index is 0.0177. The third-order valence-electron chi connectivity index (χ3n) is 3.74. The Balaban J connectivity index is 1.76. The van der Waals surface area contributed by atoms with E-state index in [2.05, 4.69) is 5.32 Å². The van der Waals surface area contributed by atoms with Crippen LogP contribution in [0.2, 0.25) is 0 Å². The van der Waals surface area contributed by atoms with Crippen molar-refractivity contribution in [2.75, 3.05) is 5.32 Å². The van der Waals surface area contributed by atoms with Crippen molar-refractivity contribution in [3.05, 3.63) is 76.4 Å². The lowest BCUT2D eigenvalue weighted by Crippen LogP contribution is -2.42. The van der Waals surface area contributed by atoms with Crippen LogP contribution in [0.5, 0.6) is 0 Å². The molecule has 1 atom stereocenters. The summed E-state index contributed by atoms with van der Waals surface area (Å²) in [5.74, 6) is 0.792. The van der Waals surface area contributed by atoms with Gasteiger partial charge in [0.1, 0.15) is 11.9 Å². The van der Waals surface area contributed by atoms with Crippen LogP contribution in [0.4, 0.5) is 5.69 Å². The molecule has 110 valence electrons. The number of anilines is 1. The number of benzene rings is 1. The molecule has 1 aromatic carbocycles. The van der Waals surface area contributed by atoms with Gasteiger partial charge in [-0.2, -0.15) is 0 Å². The van der Waals surface area contributed by atoms with Gasteiger partial charge >= 0.3 is 0 Å². The van der Waals surface area contributed by atoms with E-state index < -0.39 is 0 Å². The average molecular weight is 310 g/mol. The number of amides is 1. The third kappa shape index (κ3) is 2.19. The molecule has 4 nitrogen and oxygen atoms in total. The highest BCUT2D eigenvalue weighted by molar-refractivity contribution is 7.10. The quantitative estimate of drug-likeness (QED) is 0.792. The molecule has 22 heavy (non-hydrogen) atoms.